The van der Waals surface area contributed by atoms with Crippen LogP contribution in [0.4, 0.5) is 0 Å². The molecule has 0 aromatic rings. The molecule has 0 aliphatic heterocycles. The molecule has 0 fully saturated rings. The molecule has 0 saturated carbocycles. The molecule has 2 rings (SSSR count). The van der Waals surface area contributed by atoms with E-state index in [1.54, 1.807) is 0 Å². The van der Waals surface area contributed by atoms with Crippen molar-refractivity contribution in [3.05, 3.63) is 53.1 Å². The molecule has 0 bridgehead atoms. The number of hydrogen-bond acceptors (Lipinski definition) is 4. The molecule has 0 heterocycles. The summed E-state index contributed by atoms with van der Waals surface area (Å²) in [7, 11) is 0. The molecule has 0 aromatic heterocycles. The van der Waals surface area contributed by atoms with E-state index < -0.39 is 0 Å². The number of hydrogen-bond donors (Lipinski definition) is 4. The van der Waals surface area contributed by atoms with Gasteiger partial charge in [-0.15, -0.1) is 50.5 Å². The van der Waals surface area contributed by atoms with Crippen molar-refractivity contribution < 1.29 is 0 Å². The summed E-state index contributed by atoms with van der Waals surface area (Å²) in [6.45, 7) is 8.97. The van der Waals surface area contributed by atoms with Crippen molar-refractivity contribution in [1.82, 2.24) is 0 Å². The van der Waals surface area contributed by atoms with Crippen LogP contribution in [0.2, 0.25) is 0 Å². The predicted molar refractivity (Wildman–Crippen MR) is 112 cm³/mol. The maximum atomic E-state index is 4.71. The van der Waals surface area contributed by atoms with Crippen LogP contribution >= 0.6 is 50.5 Å². The Kier molecular flexibility index (Phi) is 6.14. The number of thiol groups is 4. The van der Waals surface area contributed by atoms with E-state index in [1.165, 1.54) is 27.9 Å². The molecular formula is C18H24S4. The molecule has 0 nitrogen and oxygen atoms in total. The highest BCUT2D eigenvalue weighted by atomic mass is 32.1. The fourth-order valence-corrected chi connectivity index (χ4v) is 4.98. The molecule has 0 amide bonds. The van der Waals surface area contributed by atoms with Gasteiger partial charge in [-0.1, -0.05) is 27.7 Å². The van der Waals surface area contributed by atoms with E-state index in [1.807, 2.05) is 0 Å². The zero-order chi connectivity index (χ0) is 16.6. The van der Waals surface area contributed by atoms with Gasteiger partial charge in [0.1, 0.15) is 0 Å². The Morgan fingerprint density at radius 1 is 0.455 bits per heavy atom. The van der Waals surface area contributed by atoms with E-state index in [-0.39, 0.29) is 0 Å². The smallest absolute Gasteiger partial charge is 0.0326 e. The van der Waals surface area contributed by atoms with Gasteiger partial charge < -0.3 is 0 Å². The van der Waals surface area contributed by atoms with Crippen LogP contribution < -0.4 is 0 Å². The largest absolute Gasteiger partial charge is 0.142 e. The van der Waals surface area contributed by atoms with Gasteiger partial charge in [-0.2, -0.15) is 0 Å². The fraction of sp³-hybridized carbons (Fsp3) is 0.444. The second-order valence-corrected chi connectivity index (χ2v) is 7.26. The van der Waals surface area contributed by atoms with Gasteiger partial charge in [0, 0.05) is 25.2 Å². The lowest BCUT2D eigenvalue weighted by Crippen LogP contribution is -1.97. The third kappa shape index (κ3) is 2.70. The SMILES string of the molecule is CCC1=C(CC)C(=C2C(S)=C(S)C(S)=C2S)C(CC)=C1CC. The molecule has 0 atom stereocenters. The molecule has 0 aromatic carbocycles. The minimum atomic E-state index is 0.827. The van der Waals surface area contributed by atoms with Gasteiger partial charge in [0.05, 0.1) is 0 Å². The first-order chi connectivity index (χ1) is 10.4. The summed E-state index contributed by atoms with van der Waals surface area (Å²) in [6, 6.07) is 0. The van der Waals surface area contributed by atoms with Gasteiger partial charge >= 0.3 is 0 Å². The molecule has 0 radical (unpaired) electrons. The molecule has 0 N–H and O–H groups in total. The molecule has 0 spiro atoms. The first-order valence-corrected chi connectivity index (χ1v) is 9.68. The fourth-order valence-electron chi connectivity index (χ4n) is 3.59. The van der Waals surface area contributed by atoms with E-state index in [9.17, 15) is 0 Å². The summed E-state index contributed by atoms with van der Waals surface area (Å²) in [5.74, 6) is 0. The Labute approximate surface area is 156 Å². The zero-order valence-corrected chi connectivity index (χ0v) is 17.2. The van der Waals surface area contributed by atoms with Crippen LogP contribution in [0.15, 0.2) is 53.1 Å². The van der Waals surface area contributed by atoms with Crippen LogP contribution in [0, 0.1) is 0 Å². The topological polar surface area (TPSA) is 0 Å². The standard InChI is InChI=1S/C18H24S4/c1-5-9-10(6-2)12(8-4)13(11(9)7-3)14-15(19)17(21)18(22)16(14)20/h19-22H,5-8H2,1-4H3. The predicted octanol–water partition coefficient (Wildman–Crippen LogP) is 6.69. The van der Waals surface area contributed by atoms with Crippen molar-refractivity contribution in [2.45, 2.75) is 53.4 Å². The zero-order valence-electron chi connectivity index (χ0n) is 13.6. The van der Waals surface area contributed by atoms with Crippen LogP contribution in [0.1, 0.15) is 53.4 Å². The average molecular weight is 369 g/mol. The summed E-state index contributed by atoms with van der Waals surface area (Å²) in [4.78, 5) is 3.46. The minimum absolute atomic E-state index is 0.827. The quantitative estimate of drug-likeness (QED) is 0.391. The van der Waals surface area contributed by atoms with Crippen molar-refractivity contribution >= 4 is 50.5 Å². The van der Waals surface area contributed by atoms with E-state index in [2.05, 4.69) is 53.0 Å². The van der Waals surface area contributed by atoms with Gasteiger partial charge in [0.25, 0.3) is 0 Å². The third-order valence-corrected chi connectivity index (χ3v) is 6.83. The Morgan fingerprint density at radius 2 is 0.773 bits per heavy atom. The Hall–Kier alpha value is 0.1000. The van der Waals surface area contributed by atoms with E-state index in [4.69, 9.17) is 25.3 Å². The van der Waals surface area contributed by atoms with Gasteiger partial charge in [0.2, 0.25) is 0 Å². The third-order valence-electron chi connectivity index (χ3n) is 4.51. The molecule has 120 valence electrons. The highest BCUT2D eigenvalue weighted by Gasteiger charge is 2.32. The van der Waals surface area contributed by atoms with Crippen molar-refractivity contribution in [3.63, 3.8) is 0 Å². The first kappa shape index (κ1) is 18.4. The molecule has 4 heteroatoms. The van der Waals surface area contributed by atoms with E-state index in [0.717, 1.165) is 50.9 Å². The van der Waals surface area contributed by atoms with E-state index >= 15 is 0 Å². The average Bonchev–Trinajstić information content (AvgIpc) is 2.93. The van der Waals surface area contributed by atoms with Crippen LogP contribution in [0.5, 0.6) is 0 Å². The van der Waals surface area contributed by atoms with Crippen molar-refractivity contribution in [3.8, 4) is 0 Å². The lowest BCUT2D eigenvalue weighted by Gasteiger charge is -2.15. The normalized spacial score (nSPS) is 19.6. The van der Waals surface area contributed by atoms with Crippen LogP contribution in [0.25, 0.3) is 0 Å². The number of allylic oxidation sites excluding steroid dienone is 7. The van der Waals surface area contributed by atoms with Gasteiger partial charge in [-0.05, 0) is 53.5 Å². The monoisotopic (exact) mass is 368 g/mol. The second-order valence-electron chi connectivity index (χ2n) is 5.47. The minimum Gasteiger partial charge on any atom is -0.142 e. The highest BCUT2D eigenvalue weighted by Crippen LogP contribution is 2.52. The van der Waals surface area contributed by atoms with Crippen molar-refractivity contribution in [2.24, 2.45) is 0 Å². The molecular weight excluding hydrogens is 344 g/mol. The summed E-state index contributed by atoms with van der Waals surface area (Å²) in [6.07, 6.45) is 4.21. The lowest BCUT2D eigenvalue weighted by atomic mass is 9.93. The maximum Gasteiger partial charge on any atom is 0.0326 e. The lowest BCUT2D eigenvalue weighted by molar-refractivity contribution is 0.985. The van der Waals surface area contributed by atoms with Crippen molar-refractivity contribution in [1.29, 1.82) is 0 Å². The molecule has 2 aliphatic rings. The van der Waals surface area contributed by atoms with Gasteiger partial charge in [-0.3, -0.25) is 0 Å². The van der Waals surface area contributed by atoms with Gasteiger partial charge in [0.15, 0.2) is 0 Å². The molecule has 0 unspecified atom stereocenters. The second kappa shape index (κ2) is 7.33. The van der Waals surface area contributed by atoms with Crippen LogP contribution in [-0.2, 0) is 0 Å². The summed E-state index contributed by atoms with van der Waals surface area (Å²) < 4.78 is 0. The van der Waals surface area contributed by atoms with Gasteiger partial charge in [-0.25, -0.2) is 0 Å². The number of rotatable bonds is 4. The molecule has 0 saturated heterocycles. The molecule has 2 aliphatic carbocycles. The van der Waals surface area contributed by atoms with Crippen LogP contribution in [-0.4, -0.2) is 0 Å². The summed E-state index contributed by atoms with van der Waals surface area (Å²) >= 11 is 18.5. The molecule has 22 heavy (non-hydrogen) atoms. The first-order valence-electron chi connectivity index (χ1n) is 7.89. The Balaban J connectivity index is 2.87. The Morgan fingerprint density at radius 3 is 1.05 bits per heavy atom. The summed E-state index contributed by atoms with van der Waals surface area (Å²) in [5, 5.41) is 0. The maximum absolute atomic E-state index is 4.71. The highest BCUT2D eigenvalue weighted by molar-refractivity contribution is 7.94. The van der Waals surface area contributed by atoms with Crippen LogP contribution in [0.3, 0.4) is 0 Å². The summed E-state index contributed by atoms with van der Waals surface area (Å²) in [5.41, 5.74) is 8.39. The van der Waals surface area contributed by atoms with Crippen molar-refractivity contribution in [2.75, 3.05) is 0 Å². The van der Waals surface area contributed by atoms with E-state index in [0.29, 0.717) is 0 Å². The Bertz CT molecular complexity index is 613.